The fourth-order valence-corrected chi connectivity index (χ4v) is 5.61. The maximum atomic E-state index is 12.9. The van der Waals surface area contributed by atoms with E-state index in [2.05, 4.69) is 25.2 Å². The minimum absolute atomic E-state index is 0.0179. The first-order valence-corrected chi connectivity index (χ1v) is 12.5. The number of amides is 2. The van der Waals surface area contributed by atoms with E-state index in [9.17, 15) is 9.59 Å². The van der Waals surface area contributed by atoms with Crippen molar-refractivity contribution in [1.29, 1.82) is 0 Å². The molecule has 3 aromatic rings. The molecule has 1 aromatic carbocycles. The number of rotatable bonds is 4. The average Bonchev–Trinajstić information content (AvgIpc) is 3.25. The zero-order valence-corrected chi connectivity index (χ0v) is 20.3. The van der Waals surface area contributed by atoms with Gasteiger partial charge < -0.3 is 15.1 Å². The molecular formula is C25H28N6O2S. The van der Waals surface area contributed by atoms with Gasteiger partial charge >= 0.3 is 0 Å². The van der Waals surface area contributed by atoms with Gasteiger partial charge in [-0.15, -0.1) is 0 Å². The van der Waals surface area contributed by atoms with Crippen LogP contribution in [0.25, 0.3) is 0 Å². The van der Waals surface area contributed by atoms with E-state index in [0.29, 0.717) is 30.2 Å². The number of hydrogen-bond donors (Lipinski definition) is 1. The summed E-state index contributed by atoms with van der Waals surface area (Å²) < 4.78 is 0. The summed E-state index contributed by atoms with van der Waals surface area (Å²) in [6.07, 6.45) is 2.22. The smallest absolute Gasteiger partial charge is 0.254 e. The van der Waals surface area contributed by atoms with Gasteiger partial charge in [-0.05, 0) is 44.9 Å². The third kappa shape index (κ3) is 4.79. The highest BCUT2D eigenvalue weighted by Gasteiger charge is 2.29. The van der Waals surface area contributed by atoms with Crippen LogP contribution in [0.1, 0.15) is 45.2 Å². The van der Waals surface area contributed by atoms with E-state index >= 15 is 0 Å². The Kier molecular flexibility index (Phi) is 6.28. The van der Waals surface area contributed by atoms with Crippen molar-refractivity contribution in [3.8, 4) is 0 Å². The van der Waals surface area contributed by atoms with Crippen molar-refractivity contribution in [2.24, 2.45) is 5.92 Å². The molecule has 0 bridgehead atoms. The molecule has 0 unspecified atom stereocenters. The van der Waals surface area contributed by atoms with Gasteiger partial charge in [-0.3, -0.25) is 9.59 Å². The fourth-order valence-electron chi connectivity index (χ4n) is 4.58. The summed E-state index contributed by atoms with van der Waals surface area (Å²) >= 11 is 1.48. The van der Waals surface area contributed by atoms with E-state index in [-0.39, 0.29) is 17.7 Å². The molecule has 0 atom stereocenters. The predicted molar refractivity (Wildman–Crippen MR) is 132 cm³/mol. The summed E-state index contributed by atoms with van der Waals surface area (Å²) in [5.74, 6) is 0.742. The number of benzene rings is 1. The summed E-state index contributed by atoms with van der Waals surface area (Å²) in [6.45, 7) is 6.63. The van der Waals surface area contributed by atoms with Crippen LogP contribution in [0, 0.1) is 19.8 Å². The van der Waals surface area contributed by atoms with Gasteiger partial charge in [0.1, 0.15) is 0 Å². The Hall–Kier alpha value is -3.33. The molecule has 0 saturated carbocycles. The van der Waals surface area contributed by atoms with Crippen molar-refractivity contribution in [1.82, 2.24) is 19.9 Å². The average molecular weight is 477 g/mol. The first-order valence-electron chi connectivity index (χ1n) is 11.7. The molecule has 2 amide bonds. The van der Waals surface area contributed by atoms with Crippen LogP contribution in [-0.2, 0) is 17.8 Å². The van der Waals surface area contributed by atoms with E-state index in [0.717, 1.165) is 53.8 Å². The predicted octanol–water partition coefficient (Wildman–Crippen LogP) is 3.60. The molecule has 1 fully saturated rings. The van der Waals surface area contributed by atoms with Gasteiger partial charge in [0.2, 0.25) is 11.9 Å². The van der Waals surface area contributed by atoms with Crippen molar-refractivity contribution < 1.29 is 9.59 Å². The van der Waals surface area contributed by atoms with Crippen molar-refractivity contribution >= 4 is 34.2 Å². The van der Waals surface area contributed by atoms with Crippen LogP contribution in [0.5, 0.6) is 0 Å². The van der Waals surface area contributed by atoms with E-state index in [1.165, 1.54) is 11.3 Å². The number of aryl methyl sites for hydroxylation is 2. The Balaban J connectivity index is 1.18. The lowest BCUT2D eigenvalue weighted by molar-refractivity contribution is -0.120. The van der Waals surface area contributed by atoms with Crippen molar-refractivity contribution in [3.05, 3.63) is 63.9 Å². The third-order valence-electron chi connectivity index (χ3n) is 6.39. The van der Waals surface area contributed by atoms with Gasteiger partial charge in [-0.25, -0.2) is 15.0 Å². The Morgan fingerprint density at radius 3 is 2.41 bits per heavy atom. The molecule has 0 spiro atoms. The van der Waals surface area contributed by atoms with Crippen molar-refractivity contribution in [2.75, 3.05) is 29.9 Å². The SMILES string of the molecule is Cc1cc(C)nc(N2CCC(C(=O)Nc3nc4c(s3)CN(C(=O)c3ccccc3)CC4)CC2)n1. The third-order valence-corrected chi connectivity index (χ3v) is 7.39. The van der Waals surface area contributed by atoms with Crippen LogP contribution >= 0.6 is 11.3 Å². The molecule has 9 heteroatoms. The maximum absolute atomic E-state index is 12.9. The number of carbonyl (C=O) groups excluding carboxylic acids is 2. The molecule has 2 aliphatic heterocycles. The van der Waals surface area contributed by atoms with Gasteiger partial charge in [0.05, 0.1) is 12.2 Å². The molecule has 2 aliphatic rings. The van der Waals surface area contributed by atoms with Gasteiger partial charge in [0, 0.05) is 53.8 Å². The second kappa shape index (κ2) is 9.50. The van der Waals surface area contributed by atoms with Crippen LogP contribution in [0.15, 0.2) is 36.4 Å². The molecule has 4 heterocycles. The van der Waals surface area contributed by atoms with E-state index in [1.807, 2.05) is 55.1 Å². The molecule has 1 N–H and O–H groups in total. The number of piperidine rings is 1. The van der Waals surface area contributed by atoms with Gasteiger partial charge in [-0.1, -0.05) is 29.5 Å². The topological polar surface area (TPSA) is 91.3 Å². The summed E-state index contributed by atoms with van der Waals surface area (Å²) in [4.78, 5) is 44.5. The lowest BCUT2D eigenvalue weighted by atomic mass is 9.96. The van der Waals surface area contributed by atoms with Gasteiger partial charge in [0.25, 0.3) is 5.91 Å². The molecular weight excluding hydrogens is 448 g/mol. The largest absolute Gasteiger partial charge is 0.341 e. The molecule has 2 aromatic heterocycles. The van der Waals surface area contributed by atoms with Gasteiger partial charge in [-0.2, -0.15) is 0 Å². The lowest BCUT2D eigenvalue weighted by Crippen LogP contribution is -2.39. The molecule has 8 nitrogen and oxygen atoms in total. The standard InChI is InChI=1S/C25H28N6O2S/c1-16-14-17(2)27-24(26-16)30-11-8-18(9-12-30)22(32)29-25-28-20-10-13-31(15-21(20)34-25)23(33)19-6-4-3-5-7-19/h3-7,14,18H,8-13,15H2,1-2H3,(H,28,29,32). The molecule has 0 radical (unpaired) electrons. The van der Waals surface area contributed by atoms with E-state index in [4.69, 9.17) is 0 Å². The molecule has 1 saturated heterocycles. The highest BCUT2D eigenvalue weighted by molar-refractivity contribution is 7.15. The number of hydrogen-bond acceptors (Lipinski definition) is 7. The monoisotopic (exact) mass is 476 g/mol. The maximum Gasteiger partial charge on any atom is 0.254 e. The zero-order chi connectivity index (χ0) is 23.7. The minimum Gasteiger partial charge on any atom is -0.341 e. The number of nitrogens with one attached hydrogen (secondary N) is 1. The lowest BCUT2D eigenvalue weighted by Gasteiger charge is -2.31. The van der Waals surface area contributed by atoms with Crippen molar-refractivity contribution in [2.45, 2.75) is 39.7 Å². The number of nitrogens with zero attached hydrogens (tertiary/aromatic N) is 5. The first-order chi connectivity index (χ1) is 16.5. The Labute approximate surface area is 203 Å². The number of fused-ring (bicyclic) bond motifs is 1. The number of aromatic nitrogens is 3. The fraction of sp³-hybridized carbons (Fsp3) is 0.400. The highest BCUT2D eigenvalue weighted by atomic mass is 32.1. The highest BCUT2D eigenvalue weighted by Crippen LogP contribution is 2.30. The van der Waals surface area contributed by atoms with Crippen LogP contribution in [0.3, 0.4) is 0 Å². The Bertz CT molecular complexity index is 1180. The number of anilines is 2. The Morgan fingerprint density at radius 2 is 1.71 bits per heavy atom. The normalized spacial score (nSPS) is 16.3. The van der Waals surface area contributed by atoms with Crippen LogP contribution in [0.2, 0.25) is 0 Å². The molecule has 34 heavy (non-hydrogen) atoms. The number of thiazole rings is 1. The second-order valence-electron chi connectivity index (χ2n) is 8.93. The summed E-state index contributed by atoms with van der Waals surface area (Å²) in [5, 5.41) is 3.66. The van der Waals surface area contributed by atoms with Crippen LogP contribution in [-0.4, -0.2) is 51.3 Å². The molecule has 5 rings (SSSR count). The van der Waals surface area contributed by atoms with Crippen LogP contribution < -0.4 is 10.2 Å². The quantitative estimate of drug-likeness (QED) is 0.619. The minimum atomic E-state index is -0.0563. The zero-order valence-electron chi connectivity index (χ0n) is 19.5. The summed E-state index contributed by atoms with van der Waals surface area (Å²) in [5.41, 5.74) is 3.60. The van der Waals surface area contributed by atoms with Crippen molar-refractivity contribution in [3.63, 3.8) is 0 Å². The van der Waals surface area contributed by atoms with E-state index in [1.54, 1.807) is 0 Å². The summed E-state index contributed by atoms with van der Waals surface area (Å²) in [7, 11) is 0. The summed E-state index contributed by atoms with van der Waals surface area (Å²) in [6, 6.07) is 11.3. The van der Waals surface area contributed by atoms with Gasteiger partial charge in [0.15, 0.2) is 5.13 Å². The Morgan fingerprint density at radius 1 is 1.00 bits per heavy atom. The van der Waals surface area contributed by atoms with E-state index < -0.39 is 0 Å². The second-order valence-corrected chi connectivity index (χ2v) is 10.0. The first kappa shape index (κ1) is 22.5. The van der Waals surface area contributed by atoms with Crippen LogP contribution in [0.4, 0.5) is 11.1 Å². The molecule has 176 valence electrons. The number of carbonyl (C=O) groups is 2. The molecule has 0 aliphatic carbocycles.